The molecule has 1 aliphatic carbocycles. The summed E-state index contributed by atoms with van der Waals surface area (Å²) in [5.74, 6) is -1.36. The van der Waals surface area contributed by atoms with Crippen molar-refractivity contribution in [3.8, 4) is 11.5 Å². The summed E-state index contributed by atoms with van der Waals surface area (Å²) >= 11 is 0. The van der Waals surface area contributed by atoms with Crippen molar-refractivity contribution in [1.82, 2.24) is 24.5 Å². The smallest absolute Gasteiger partial charge is 0.314 e. The minimum atomic E-state index is -2.85. The Labute approximate surface area is 217 Å². The zero-order valence-electron chi connectivity index (χ0n) is 20.6. The summed E-state index contributed by atoms with van der Waals surface area (Å²) in [4.78, 5) is 22.5. The number of anilines is 1. The molecule has 2 aliphatic rings. The van der Waals surface area contributed by atoms with Gasteiger partial charge in [0.05, 0.1) is 12.2 Å². The van der Waals surface area contributed by atoms with Crippen molar-refractivity contribution in [2.24, 2.45) is 5.92 Å². The second-order valence-corrected chi connectivity index (χ2v) is 9.96. The number of hydrogen-bond donors (Lipinski definition) is 0. The van der Waals surface area contributed by atoms with E-state index in [-0.39, 0.29) is 24.3 Å². The Morgan fingerprint density at radius 1 is 1.11 bits per heavy atom. The second-order valence-electron chi connectivity index (χ2n) is 9.96. The number of amides is 1. The number of benzene rings is 1. The highest BCUT2D eigenvalue weighted by Gasteiger charge is 2.33. The second kappa shape index (κ2) is 10.2. The van der Waals surface area contributed by atoms with Gasteiger partial charge in [-0.3, -0.25) is 4.79 Å². The van der Waals surface area contributed by atoms with E-state index >= 15 is 0 Å². The summed E-state index contributed by atoms with van der Waals surface area (Å²) in [6.07, 6.45) is 5.96. The van der Waals surface area contributed by atoms with Crippen LogP contribution in [0.1, 0.15) is 50.1 Å². The first-order chi connectivity index (χ1) is 18.4. The normalized spacial score (nSPS) is 17.3. The van der Waals surface area contributed by atoms with Crippen molar-refractivity contribution in [2.75, 3.05) is 18.0 Å². The van der Waals surface area contributed by atoms with Gasteiger partial charge in [0.1, 0.15) is 11.5 Å². The van der Waals surface area contributed by atoms with Crippen LogP contribution in [0.25, 0.3) is 17.1 Å². The molecule has 2 fully saturated rings. The van der Waals surface area contributed by atoms with Crippen molar-refractivity contribution in [1.29, 1.82) is 0 Å². The number of pyridine rings is 1. The molecule has 3 aromatic heterocycles. The summed E-state index contributed by atoms with van der Waals surface area (Å²) in [6, 6.07) is 10.0. The van der Waals surface area contributed by atoms with Gasteiger partial charge >= 0.3 is 6.43 Å². The van der Waals surface area contributed by atoms with Crippen LogP contribution >= 0.6 is 0 Å². The number of carbonyl (C=O) groups is 1. The van der Waals surface area contributed by atoms with Gasteiger partial charge in [0.2, 0.25) is 11.8 Å². The van der Waals surface area contributed by atoms with Crippen molar-refractivity contribution >= 4 is 17.2 Å². The van der Waals surface area contributed by atoms with E-state index < -0.39 is 18.1 Å². The van der Waals surface area contributed by atoms with Gasteiger partial charge < -0.3 is 18.6 Å². The molecule has 4 heterocycles. The summed E-state index contributed by atoms with van der Waals surface area (Å²) < 4.78 is 46.6. The summed E-state index contributed by atoms with van der Waals surface area (Å²) in [7, 11) is 0. The first-order valence-corrected chi connectivity index (χ1v) is 12.8. The number of carbonyl (C=O) groups excluding carboxylic acids is 1. The van der Waals surface area contributed by atoms with Crippen LogP contribution in [0.4, 0.5) is 18.9 Å². The summed E-state index contributed by atoms with van der Waals surface area (Å²) in [5.41, 5.74) is 2.06. The lowest BCUT2D eigenvalue weighted by Gasteiger charge is -2.42. The molecular weight excluding hydrogens is 497 g/mol. The number of halogens is 3. The number of nitrogens with zero attached hydrogens (tertiary/aromatic N) is 6. The Kier molecular flexibility index (Phi) is 6.61. The molecule has 38 heavy (non-hydrogen) atoms. The Balaban J connectivity index is 1.24. The molecule has 1 aliphatic heterocycles. The fourth-order valence-electron chi connectivity index (χ4n) is 5.27. The molecule has 1 amide bonds. The molecule has 0 radical (unpaired) electrons. The molecule has 8 nitrogen and oxygen atoms in total. The number of hydrogen-bond acceptors (Lipinski definition) is 6. The van der Waals surface area contributed by atoms with Gasteiger partial charge in [-0.05, 0) is 69.1 Å². The van der Waals surface area contributed by atoms with Crippen molar-refractivity contribution in [3.05, 3.63) is 66.2 Å². The predicted molar refractivity (Wildman–Crippen MR) is 133 cm³/mol. The Bertz CT molecular complexity index is 1440. The van der Waals surface area contributed by atoms with Crippen LogP contribution in [-0.4, -0.2) is 49.5 Å². The number of likely N-dealkylation sites (tertiary alicyclic amines) is 1. The van der Waals surface area contributed by atoms with E-state index in [4.69, 9.17) is 4.42 Å². The van der Waals surface area contributed by atoms with Gasteiger partial charge in [-0.15, -0.1) is 10.2 Å². The van der Waals surface area contributed by atoms with E-state index in [0.29, 0.717) is 28.6 Å². The van der Waals surface area contributed by atoms with E-state index in [2.05, 4.69) is 20.1 Å². The fraction of sp³-hybridized carbons (Fsp3) is 0.407. The summed E-state index contributed by atoms with van der Waals surface area (Å²) in [6.45, 7) is 1.97. The maximum absolute atomic E-state index is 14.2. The third-order valence-electron chi connectivity index (χ3n) is 7.56. The molecule has 1 aromatic carbocycles. The maximum atomic E-state index is 14.2. The minimum absolute atomic E-state index is 0.0304. The molecule has 1 saturated carbocycles. The number of aromatic nitrogens is 4. The molecule has 11 heteroatoms. The van der Waals surface area contributed by atoms with Gasteiger partial charge in [0.15, 0.2) is 0 Å². The molecule has 0 spiro atoms. The van der Waals surface area contributed by atoms with Gasteiger partial charge in [-0.25, -0.2) is 9.37 Å². The molecule has 4 aromatic rings. The molecule has 1 saturated heterocycles. The van der Waals surface area contributed by atoms with Gasteiger partial charge in [-0.1, -0.05) is 12.5 Å². The minimum Gasteiger partial charge on any atom is -0.415 e. The molecular formula is C27H27F3N6O2. The summed E-state index contributed by atoms with van der Waals surface area (Å²) in [5, 5.41) is 7.06. The highest BCUT2D eigenvalue weighted by molar-refractivity contribution is 5.95. The fourth-order valence-corrected chi connectivity index (χ4v) is 5.27. The van der Waals surface area contributed by atoms with Gasteiger partial charge in [-0.2, -0.15) is 8.78 Å². The number of imidazole rings is 1. The van der Waals surface area contributed by atoms with Crippen LogP contribution in [-0.2, 0) is 11.3 Å². The molecule has 0 atom stereocenters. The van der Waals surface area contributed by atoms with E-state index in [1.807, 2.05) is 0 Å². The highest BCUT2D eigenvalue weighted by atomic mass is 19.3. The number of fused-ring (bicyclic) bond motifs is 1. The Morgan fingerprint density at radius 3 is 2.61 bits per heavy atom. The van der Waals surface area contributed by atoms with E-state index in [1.54, 1.807) is 46.0 Å². The van der Waals surface area contributed by atoms with E-state index in [0.717, 1.165) is 25.9 Å². The largest absolute Gasteiger partial charge is 0.415 e. The Hall–Kier alpha value is -3.73. The first kappa shape index (κ1) is 24.6. The molecule has 0 bridgehead atoms. The van der Waals surface area contributed by atoms with Crippen LogP contribution < -0.4 is 4.90 Å². The average Bonchev–Trinajstić information content (AvgIpc) is 3.53. The van der Waals surface area contributed by atoms with Crippen LogP contribution in [0, 0.1) is 11.7 Å². The predicted octanol–water partition coefficient (Wildman–Crippen LogP) is 5.26. The van der Waals surface area contributed by atoms with Gasteiger partial charge in [0, 0.05) is 35.6 Å². The average molecular weight is 525 g/mol. The van der Waals surface area contributed by atoms with Crippen LogP contribution in [0.15, 0.2) is 53.2 Å². The quantitative estimate of drug-likeness (QED) is 0.328. The first-order valence-electron chi connectivity index (χ1n) is 12.8. The molecule has 198 valence electrons. The topological polar surface area (TPSA) is 79.8 Å². The number of piperidine rings is 1. The lowest BCUT2D eigenvalue weighted by molar-refractivity contribution is -0.124. The molecule has 6 rings (SSSR count). The molecule has 0 unspecified atom stereocenters. The zero-order chi connectivity index (χ0) is 26.2. The van der Waals surface area contributed by atoms with Crippen molar-refractivity contribution in [2.45, 2.75) is 51.1 Å². The third kappa shape index (κ3) is 4.90. The molecule has 0 N–H and O–H groups in total. The van der Waals surface area contributed by atoms with Gasteiger partial charge in [0.25, 0.3) is 5.89 Å². The van der Waals surface area contributed by atoms with Crippen LogP contribution in [0.3, 0.4) is 0 Å². The van der Waals surface area contributed by atoms with Crippen molar-refractivity contribution < 1.29 is 22.4 Å². The van der Waals surface area contributed by atoms with Crippen molar-refractivity contribution in [3.63, 3.8) is 0 Å². The number of alkyl halides is 2. The SMILES string of the molecule is O=C(C1CCN(C2CCC2)CC1)N(Cc1cn2ccc(-c3nnc(C(F)F)o3)cc2n1)c1cccc(F)c1. The van der Waals surface area contributed by atoms with Crippen LogP contribution in [0.2, 0.25) is 0 Å². The number of rotatable bonds is 7. The van der Waals surface area contributed by atoms with E-state index in [1.165, 1.54) is 31.4 Å². The third-order valence-corrected chi connectivity index (χ3v) is 7.56. The zero-order valence-corrected chi connectivity index (χ0v) is 20.6. The van der Waals surface area contributed by atoms with E-state index in [9.17, 15) is 18.0 Å². The van der Waals surface area contributed by atoms with Crippen LogP contribution in [0.5, 0.6) is 0 Å². The standard InChI is InChI=1S/C27H27F3N6O2/c28-19-3-1-6-22(14-19)36(27(37)17-7-10-34(11-8-17)21-4-2-5-21)16-20-15-35-12-9-18(13-23(35)31-20)25-32-33-26(38-25)24(29)30/h1,3,6,9,12-15,17,21,24H,2,4-5,7-8,10-11,16H2. The maximum Gasteiger partial charge on any atom is 0.314 e. The monoisotopic (exact) mass is 524 g/mol. The lowest BCUT2D eigenvalue weighted by atomic mass is 9.87. The highest BCUT2D eigenvalue weighted by Crippen LogP contribution is 2.31. The Morgan fingerprint density at radius 2 is 1.92 bits per heavy atom. The lowest BCUT2D eigenvalue weighted by Crippen LogP contribution is -2.48.